The number of nitrogens with two attached hydrogens (primary N) is 1. The van der Waals surface area contributed by atoms with E-state index in [0.717, 1.165) is 0 Å². The highest BCUT2D eigenvalue weighted by Gasteiger charge is 2.12. The molecule has 5 nitrogen and oxygen atoms in total. The Kier molecular flexibility index (Phi) is 4.39. The minimum Gasteiger partial charge on any atom is -0.478 e. The maximum Gasteiger partial charge on any atom is 0.337 e. The number of carboxylic acid groups (broad SMARTS) is 1. The quantitative estimate of drug-likeness (QED) is 0.445. The van der Waals surface area contributed by atoms with Crippen LogP contribution in [-0.4, -0.2) is 22.4 Å². The summed E-state index contributed by atoms with van der Waals surface area (Å²) in [5.74, 6) is -1.04. The molecule has 4 N–H and O–H groups in total. The average Bonchev–Trinajstić information content (AvgIpc) is 2.16. The van der Waals surface area contributed by atoms with Crippen LogP contribution in [-0.2, 0) is 0 Å². The van der Waals surface area contributed by atoms with Crippen LogP contribution in [0.2, 0.25) is 0 Å². The first-order valence-corrected chi connectivity index (χ1v) is 5.33. The van der Waals surface area contributed by atoms with Crippen LogP contribution in [0.15, 0.2) is 27.8 Å². The minimum atomic E-state index is -1.04. The summed E-state index contributed by atoms with van der Waals surface area (Å²) in [5.41, 5.74) is 8.10. The van der Waals surface area contributed by atoms with Crippen molar-refractivity contribution in [3.05, 3.63) is 33.8 Å². The molecule has 0 saturated heterocycles. The number of halogens is 1. The van der Waals surface area contributed by atoms with Gasteiger partial charge in [0.05, 0.1) is 11.8 Å². The van der Waals surface area contributed by atoms with Crippen LogP contribution < -0.4 is 11.2 Å². The van der Waals surface area contributed by atoms with E-state index in [1.54, 1.807) is 18.2 Å². The molecule has 1 rings (SSSR count). The molecule has 1 aromatic rings. The van der Waals surface area contributed by atoms with E-state index < -0.39 is 5.97 Å². The first-order chi connectivity index (χ1) is 7.52. The Hall–Kier alpha value is -1.47. The van der Waals surface area contributed by atoms with E-state index in [9.17, 15) is 4.79 Å². The van der Waals surface area contributed by atoms with Gasteiger partial charge >= 0.3 is 5.97 Å². The summed E-state index contributed by atoms with van der Waals surface area (Å²) in [7, 11) is 0. The lowest BCUT2D eigenvalue weighted by molar-refractivity contribution is 0.0696. The van der Waals surface area contributed by atoms with Crippen molar-refractivity contribution < 1.29 is 9.90 Å². The number of nitrogens with zero attached hydrogens (tertiary/aromatic N) is 1. The summed E-state index contributed by atoms with van der Waals surface area (Å²) in [6, 6.07) is 4.97. The van der Waals surface area contributed by atoms with Gasteiger partial charge in [0.1, 0.15) is 0 Å². The molecule has 0 aliphatic carbocycles. The van der Waals surface area contributed by atoms with Gasteiger partial charge in [-0.25, -0.2) is 4.79 Å². The van der Waals surface area contributed by atoms with Crippen molar-refractivity contribution in [2.45, 2.75) is 0 Å². The zero-order valence-electron chi connectivity index (χ0n) is 7.98. The molecule has 0 atom stereocenters. The van der Waals surface area contributed by atoms with E-state index in [1.807, 2.05) is 0 Å². The normalized spacial score (nSPS) is 10.3. The minimum absolute atomic E-state index is 0.0168. The van der Waals surface area contributed by atoms with Crippen LogP contribution in [0.5, 0.6) is 0 Å². The van der Waals surface area contributed by atoms with Gasteiger partial charge in [-0.05, 0) is 34.2 Å². The van der Waals surface area contributed by atoms with Crippen LogP contribution in [0.25, 0.3) is 0 Å². The van der Waals surface area contributed by atoms with Gasteiger partial charge < -0.3 is 10.8 Å². The molecule has 0 aliphatic heterocycles. The topological polar surface area (TPSA) is 87.7 Å². The lowest BCUT2D eigenvalue weighted by atomic mass is 10.1. The van der Waals surface area contributed by atoms with E-state index in [2.05, 4.69) is 38.7 Å². The fraction of sp³-hybridized carbons (Fsp3) is 0. The first kappa shape index (κ1) is 12.6. The Morgan fingerprint density at radius 2 is 2.31 bits per heavy atom. The number of hydrogen-bond donors (Lipinski definition) is 3. The third kappa shape index (κ3) is 3.28. The molecule has 0 amide bonds. The lowest BCUT2D eigenvalue weighted by Gasteiger charge is -2.02. The fourth-order valence-corrected chi connectivity index (χ4v) is 1.64. The molecule has 0 radical (unpaired) electrons. The molecule has 0 spiro atoms. The maximum absolute atomic E-state index is 11.0. The number of nitrogens with one attached hydrogen (secondary N) is 1. The van der Waals surface area contributed by atoms with Gasteiger partial charge in [-0.1, -0.05) is 12.1 Å². The van der Waals surface area contributed by atoms with Gasteiger partial charge in [0.15, 0.2) is 5.11 Å². The smallest absolute Gasteiger partial charge is 0.337 e. The number of benzene rings is 1. The predicted molar refractivity (Wildman–Crippen MR) is 68.6 cm³/mol. The first-order valence-electron chi connectivity index (χ1n) is 4.12. The van der Waals surface area contributed by atoms with Crippen LogP contribution in [0.4, 0.5) is 0 Å². The third-order valence-electron chi connectivity index (χ3n) is 1.64. The molecule has 0 unspecified atom stereocenters. The number of carbonyl (C=O) groups is 1. The summed E-state index contributed by atoms with van der Waals surface area (Å²) >= 11 is 7.70. The number of thiocarbonyl (C=S) groups is 1. The third-order valence-corrected chi connectivity index (χ3v) is 2.39. The van der Waals surface area contributed by atoms with E-state index >= 15 is 0 Å². The van der Waals surface area contributed by atoms with Crippen molar-refractivity contribution in [3.8, 4) is 0 Å². The maximum atomic E-state index is 11.0. The average molecular weight is 302 g/mol. The number of aromatic carboxylic acids is 1. The SMILES string of the molecule is NC(=S)NN=Cc1cccc(Br)c1C(=O)O. The van der Waals surface area contributed by atoms with E-state index in [0.29, 0.717) is 10.0 Å². The summed E-state index contributed by atoms with van der Waals surface area (Å²) in [5, 5.41) is 12.7. The molecular weight excluding hydrogens is 294 g/mol. The van der Waals surface area contributed by atoms with E-state index in [1.165, 1.54) is 6.21 Å². The monoisotopic (exact) mass is 301 g/mol. The summed E-state index contributed by atoms with van der Waals surface area (Å²) in [6.07, 6.45) is 1.34. The molecule has 1 aromatic carbocycles. The predicted octanol–water partition coefficient (Wildman–Crippen LogP) is 1.31. The van der Waals surface area contributed by atoms with Gasteiger partial charge in [-0.2, -0.15) is 5.10 Å². The second-order valence-corrected chi connectivity index (χ2v) is 4.04. The Morgan fingerprint density at radius 1 is 1.62 bits per heavy atom. The molecule has 0 heterocycles. The van der Waals surface area contributed by atoms with Gasteiger partial charge in [0.2, 0.25) is 0 Å². The van der Waals surface area contributed by atoms with Gasteiger partial charge in [0, 0.05) is 10.0 Å². The van der Waals surface area contributed by atoms with Gasteiger partial charge in [0.25, 0.3) is 0 Å². The molecule has 0 bridgehead atoms. The van der Waals surface area contributed by atoms with Crippen molar-refractivity contribution in [3.63, 3.8) is 0 Å². The standard InChI is InChI=1S/C9H8BrN3O2S/c10-6-3-1-2-5(7(6)8(14)15)4-12-13-9(11)16/h1-4H,(H,14,15)(H3,11,13,16). The Balaban J connectivity index is 3.04. The Bertz CT molecular complexity index is 462. The Labute approximate surface area is 105 Å². The number of hydrazone groups is 1. The number of rotatable bonds is 3. The molecule has 7 heteroatoms. The number of carboxylic acids is 1. The highest BCUT2D eigenvalue weighted by molar-refractivity contribution is 9.10. The largest absolute Gasteiger partial charge is 0.478 e. The van der Waals surface area contributed by atoms with E-state index in [-0.39, 0.29) is 10.7 Å². The molecular formula is C9H8BrN3O2S. The van der Waals surface area contributed by atoms with Crippen LogP contribution in [0.1, 0.15) is 15.9 Å². The van der Waals surface area contributed by atoms with Crippen LogP contribution >= 0.6 is 28.1 Å². The molecule has 0 saturated carbocycles. The lowest BCUT2D eigenvalue weighted by Crippen LogP contribution is -2.24. The van der Waals surface area contributed by atoms with Crippen molar-refractivity contribution in [2.24, 2.45) is 10.8 Å². The molecule has 0 fully saturated rings. The molecule has 16 heavy (non-hydrogen) atoms. The summed E-state index contributed by atoms with van der Waals surface area (Å²) < 4.78 is 0.485. The van der Waals surface area contributed by atoms with Crippen molar-refractivity contribution in [1.82, 2.24) is 5.43 Å². The second-order valence-electron chi connectivity index (χ2n) is 2.74. The van der Waals surface area contributed by atoms with Crippen molar-refractivity contribution in [2.75, 3.05) is 0 Å². The van der Waals surface area contributed by atoms with E-state index in [4.69, 9.17) is 10.8 Å². The van der Waals surface area contributed by atoms with Gasteiger partial charge in [-0.3, -0.25) is 5.43 Å². The van der Waals surface area contributed by atoms with Crippen molar-refractivity contribution >= 4 is 45.4 Å². The fourth-order valence-electron chi connectivity index (χ4n) is 1.04. The summed E-state index contributed by atoms with van der Waals surface area (Å²) in [4.78, 5) is 11.0. The zero-order chi connectivity index (χ0) is 12.1. The van der Waals surface area contributed by atoms with Crippen LogP contribution in [0.3, 0.4) is 0 Å². The zero-order valence-corrected chi connectivity index (χ0v) is 10.4. The summed E-state index contributed by atoms with van der Waals surface area (Å²) in [6.45, 7) is 0. The number of hydrogen-bond acceptors (Lipinski definition) is 3. The van der Waals surface area contributed by atoms with Crippen LogP contribution in [0, 0.1) is 0 Å². The molecule has 0 aromatic heterocycles. The van der Waals surface area contributed by atoms with Crippen molar-refractivity contribution in [1.29, 1.82) is 0 Å². The molecule has 84 valence electrons. The highest BCUT2D eigenvalue weighted by atomic mass is 79.9. The second kappa shape index (κ2) is 5.57. The Morgan fingerprint density at radius 3 is 2.88 bits per heavy atom. The molecule has 0 aliphatic rings. The van der Waals surface area contributed by atoms with Gasteiger partial charge in [-0.15, -0.1) is 0 Å². The highest BCUT2D eigenvalue weighted by Crippen LogP contribution is 2.19.